The molecule has 21 heavy (non-hydrogen) atoms. The monoisotopic (exact) mass is 301 g/mol. The van der Waals surface area contributed by atoms with Crippen LogP contribution in [0.15, 0.2) is 36.4 Å². The molecule has 4 nitrogen and oxygen atoms in total. The molecule has 1 amide bonds. The second kappa shape index (κ2) is 5.66. The zero-order chi connectivity index (χ0) is 14.8. The quantitative estimate of drug-likeness (QED) is 0.761. The Bertz CT molecular complexity index is 700. The molecular formula is C16H16ClN3O. The van der Waals surface area contributed by atoms with Crippen molar-refractivity contribution in [2.75, 3.05) is 16.4 Å². The first-order valence-corrected chi connectivity index (χ1v) is 7.21. The number of carbonyl (C=O) groups is 1. The minimum atomic E-state index is 0.0457. The molecule has 0 aliphatic carbocycles. The molecule has 3 rings (SSSR count). The summed E-state index contributed by atoms with van der Waals surface area (Å²) in [6, 6.07) is 11.5. The number of fused-ring (bicyclic) bond motifs is 1. The van der Waals surface area contributed by atoms with E-state index in [4.69, 9.17) is 17.3 Å². The Balaban J connectivity index is 1.81. The number of benzene rings is 2. The maximum Gasteiger partial charge on any atom is 0.224 e. The number of carbonyl (C=O) groups excluding carboxylic acids is 1. The molecule has 0 bridgehead atoms. The molecule has 4 N–H and O–H groups in total. The van der Waals surface area contributed by atoms with Crippen LogP contribution < -0.4 is 16.4 Å². The fourth-order valence-electron chi connectivity index (χ4n) is 2.43. The molecule has 0 unspecified atom stereocenters. The smallest absolute Gasteiger partial charge is 0.224 e. The minimum absolute atomic E-state index is 0.0457. The van der Waals surface area contributed by atoms with E-state index < -0.39 is 0 Å². The first kappa shape index (κ1) is 13.8. The summed E-state index contributed by atoms with van der Waals surface area (Å²) in [4.78, 5) is 11.5. The van der Waals surface area contributed by atoms with Gasteiger partial charge in [0.1, 0.15) is 0 Å². The maximum atomic E-state index is 11.5. The third-order valence-corrected chi connectivity index (χ3v) is 3.97. The topological polar surface area (TPSA) is 67.2 Å². The lowest BCUT2D eigenvalue weighted by molar-refractivity contribution is -0.116. The van der Waals surface area contributed by atoms with Crippen LogP contribution in [0.2, 0.25) is 5.02 Å². The SMILES string of the molecule is Nc1cc2c(cc1NCc1ccccc1Cl)NC(=O)CC2. The van der Waals surface area contributed by atoms with Gasteiger partial charge in [0.25, 0.3) is 0 Å². The van der Waals surface area contributed by atoms with Gasteiger partial charge in [-0.2, -0.15) is 0 Å². The zero-order valence-corrected chi connectivity index (χ0v) is 12.2. The van der Waals surface area contributed by atoms with Crippen LogP contribution in [0.25, 0.3) is 0 Å². The average molecular weight is 302 g/mol. The first-order valence-electron chi connectivity index (χ1n) is 6.83. The molecular weight excluding hydrogens is 286 g/mol. The summed E-state index contributed by atoms with van der Waals surface area (Å²) >= 11 is 6.14. The third kappa shape index (κ3) is 2.95. The van der Waals surface area contributed by atoms with E-state index in [-0.39, 0.29) is 5.91 Å². The van der Waals surface area contributed by atoms with Crippen molar-refractivity contribution in [1.29, 1.82) is 0 Å². The molecule has 5 heteroatoms. The number of rotatable bonds is 3. The summed E-state index contributed by atoms with van der Waals surface area (Å²) in [5, 5.41) is 6.87. The molecule has 2 aromatic carbocycles. The van der Waals surface area contributed by atoms with Crippen molar-refractivity contribution in [3.8, 4) is 0 Å². The molecule has 0 saturated carbocycles. The van der Waals surface area contributed by atoms with Crippen LogP contribution in [0.3, 0.4) is 0 Å². The number of halogens is 1. The number of nitrogens with one attached hydrogen (secondary N) is 2. The van der Waals surface area contributed by atoms with Gasteiger partial charge in [-0.1, -0.05) is 29.8 Å². The third-order valence-electron chi connectivity index (χ3n) is 3.60. The number of nitrogens with two attached hydrogens (primary N) is 1. The van der Waals surface area contributed by atoms with Crippen molar-refractivity contribution < 1.29 is 4.79 Å². The van der Waals surface area contributed by atoms with E-state index in [2.05, 4.69) is 10.6 Å². The highest BCUT2D eigenvalue weighted by molar-refractivity contribution is 6.31. The largest absolute Gasteiger partial charge is 0.397 e. The Labute approximate surface area is 128 Å². The van der Waals surface area contributed by atoms with Crippen LogP contribution in [0, 0.1) is 0 Å². The lowest BCUT2D eigenvalue weighted by Gasteiger charge is -2.20. The van der Waals surface area contributed by atoms with E-state index in [0.29, 0.717) is 18.7 Å². The lowest BCUT2D eigenvalue weighted by atomic mass is 10.0. The van der Waals surface area contributed by atoms with E-state index in [0.717, 1.165) is 33.9 Å². The molecule has 0 aromatic heterocycles. The van der Waals surface area contributed by atoms with Crippen molar-refractivity contribution in [2.45, 2.75) is 19.4 Å². The van der Waals surface area contributed by atoms with E-state index in [1.54, 1.807) is 0 Å². The van der Waals surface area contributed by atoms with Crippen LogP contribution in [0.5, 0.6) is 0 Å². The van der Waals surface area contributed by atoms with Crippen molar-refractivity contribution >= 4 is 34.6 Å². The van der Waals surface area contributed by atoms with Crippen LogP contribution >= 0.6 is 11.6 Å². The van der Waals surface area contributed by atoms with Gasteiger partial charge < -0.3 is 16.4 Å². The van der Waals surface area contributed by atoms with Crippen molar-refractivity contribution in [3.63, 3.8) is 0 Å². The van der Waals surface area contributed by atoms with E-state index in [1.165, 1.54) is 0 Å². The Morgan fingerprint density at radius 2 is 2.05 bits per heavy atom. The van der Waals surface area contributed by atoms with Gasteiger partial charge in [0.15, 0.2) is 0 Å². The van der Waals surface area contributed by atoms with Gasteiger partial charge in [-0.15, -0.1) is 0 Å². The van der Waals surface area contributed by atoms with Crippen LogP contribution in [-0.4, -0.2) is 5.91 Å². The molecule has 1 aliphatic heterocycles. The molecule has 0 spiro atoms. The number of amides is 1. The van der Waals surface area contributed by atoms with Gasteiger partial charge in [0, 0.05) is 23.7 Å². The highest BCUT2D eigenvalue weighted by atomic mass is 35.5. The maximum absolute atomic E-state index is 11.5. The van der Waals surface area contributed by atoms with Gasteiger partial charge in [-0.3, -0.25) is 4.79 Å². The summed E-state index contributed by atoms with van der Waals surface area (Å²) in [7, 11) is 0. The summed E-state index contributed by atoms with van der Waals surface area (Å²) in [6.45, 7) is 0.580. The standard InChI is InChI=1S/C16H16ClN3O/c17-12-4-2-1-3-11(12)9-19-15-8-14-10(7-13(15)18)5-6-16(21)20-14/h1-4,7-8,19H,5-6,9,18H2,(H,20,21). The fraction of sp³-hybridized carbons (Fsp3) is 0.188. The summed E-state index contributed by atoms with van der Waals surface area (Å²) in [5.74, 6) is 0.0457. The van der Waals surface area contributed by atoms with Gasteiger partial charge in [-0.25, -0.2) is 0 Å². The van der Waals surface area contributed by atoms with Crippen molar-refractivity contribution in [3.05, 3.63) is 52.5 Å². The first-order chi connectivity index (χ1) is 10.1. The Hall–Kier alpha value is -2.20. The van der Waals surface area contributed by atoms with Gasteiger partial charge in [-0.05, 0) is 35.7 Å². The molecule has 2 aromatic rings. The van der Waals surface area contributed by atoms with E-state index in [9.17, 15) is 4.79 Å². The van der Waals surface area contributed by atoms with Crippen molar-refractivity contribution in [1.82, 2.24) is 0 Å². The molecule has 1 heterocycles. The minimum Gasteiger partial charge on any atom is -0.397 e. The lowest BCUT2D eigenvalue weighted by Crippen LogP contribution is -2.19. The Morgan fingerprint density at radius 1 is 1.24 bits per heavy atom. The normalized spacial score (nSPS) is 13.5. The number of hydrogen-bond donors (Lipinski definition) is 3. The van der Waals surface area contributed by atoms with Crippen molar-refractivity contribution in [2.24, 2.45) is 0 Å². The van der Waals surface area contributed by atoms with Gasteiger partial charge in [0.05, 0.1) is 11.4 Å². The summed E-state index contributed by atoms with van der Waals surface area (Å²) in [5.41, 5.74) is 10.5. The predicted octanol–water partition coefficient (Wildman–Crippen LogP) is 3.42. The summed E-state index contributed by atoms with van der Waals surface area (Å²) < 4.78 is 0. The molecule has 0 fully saturated rings. The molecule has 108 valence electrons. The number of nitrogen functional groups attached to an aromatic ring is 1. The van der Waals surface area contributed by atoms with Crippen LogP contribution in [-0.2, 0) is 17.8 Å². The van der Waals surface area contributed by atoms with Crippen LogP contribution in [0.4, 0.5) is 17.1 Å². The van der Waals surface area contributed by atoms with Crippen LogP contribution in [0.1, 0.15) is 17.5 Å². The number of aryl methyl sites for hydroxylation is 1. The molecule has 0 saturated heterocycles. The summed E-state index contributed by atoms with van der Waals surface area (Å²) in [6.07, 6.45) is 1.25. The number of anilines is 3. The zero-order valence-electron chi connectivity index (χ0n) is 11.4. The van der Waals surface area contributed by atoms with E-state index in [1.807, 2.05) is 36.4 Å². The Kier molecular flexibility index (Phi) is 3.71. The molecule has 1 aliphatic rings. The molecule has 0 radical (unpaired) electrons. The number of hydrogen-bond acceptors (Lipinski definition) is 3. The average Bonchev–Trinajstić information content (AvgIpc) is 2.47. The Morgan fingerprint density at radius 3 is 2.86 bits per heavy atom. The highest BCUT2D eigenvalue weighted by Crippen LogP contribution is 2.31. The second-order valence-corrected chi connectivity index (χ2v) is 5.50. The molecule has 0 atom stereocenters. The fourth-order valence-corrected chi connectivity index (χ4v) is 2.64. The van der Waals surface area contributed by atoms with E-state index >= 15 is 0 Å². The van der Waals surface area contributed by atoms with Gasteiger partial charge in [0.2, 0.25) is 5.91 Å². The predicted molar refractivity (Wildman–Crippen MR) is 86.6 cm³/mol. The second-order valence-electron chi connectivity index (χ2n) is 5.09. The van der Waals surface area contributed by atoms with Gasteiger partial charge >= 0.3 is 0 Å². The highest BCUT2D eigenvalue weighted by Gasteiger charge is 2.16.